The van der Waals surface area contributed by atoms with Gasteiger partial charge < -0.3 is 4.74 Å². The number of unbranched alkanes of at least 4 members (excludes halogenated alkanes) is 8. The zero-order valence-electron chi connectivity index (χ0n) is 24.2. The second kappa shape index (κ2) is 16.8. The third kappa shape index (κ3) is 10.1. The summed E-state index contributed by atoms with van der Waals surface area (Å²) < 4.78 is 7.79. The first kappa shape index (κ1) is 29.8. The molecule has 1 aromatic heterocycles. The van der Waals surface area contributed by atoms with Gasteiger partial charge in [-0.2, -0.15) is 10.2 Å². The molecule has 6 heteroatoms. The van der Waals surface area contributed by atoms with Crippen LogP contribution in [0.4, 0.5) is 0 Å². The van der Waals surface area contributed by atoms with Crippen LogP contribution in [0.1, 0.15) is 82.3 Å². The fourth-order valence-electron chi connectivity index (χ4n) is 4.69. The van der Waals surface area contributed by atoms with E-state index in [1.807, 2.05) is 95.8 Å². The summed E-state index contributed by atoms with van der Waals surface area (Å²) in [6.45, 7) is 2.76. The minimum atomic E-state index is -0.0545. The second-order valence-corrected chi connectivity index (χ2v) is 10.4. The molecule has 0 fully saturated rings. The van der Waals surface area contributed by atoms with Gasteiger partial charge in [0.25, 0.3) is 0 Å². The van der Waals surface area contributed by atoms with Crippen molar-refractivity contribution in [2.45, 2.75) is 77.7 Å². The van der Waals surface area contributed by atoms with Crippen molar-refractivity contribution in [1.29, 1.82) is 0 Å². The number of nitrogens with one attached hydrogen (secondary N) is 1. The average Bonchev–Trinajstić information content (AvgIpc) is 3.44. The van der Waals surface area contributed by atoms with Gasteiger partial charge in [-0.15, -0.1) is 0 Å². The van der Waals surface area contributed by atoms with Gasteiger partial charge in [0.05, 0.1) is 11.9 Å². The van der Waals surface area contributed by atoms with Crippen molar-refractivity contribution < 1.29 is 9.53 Å². The number of hydrazone groups is 1. The topological polar surface area (TPSA) is 68.5 Å². The van der Waals surface area contributed by atoms with Crippen LogP contribution >= 0.6 is 0 Å². The van der Waals surface area contributed by atoms with E-state index in [1.54, 1.807) is 6.21 Å². The lowest BCUT2D eigenvalue weighted by Gasteiger charge is -2.07. The van der Waals surface area contributed by atoms with Crippen LogP contribution in [0.25, 0.3) is 16.9 Å². The monoisotopic (exact) mass is 550 g/mol. The Labute approximate surface area is 244 Å². The quantitative estimate of drug-likeness (QED) is 0.0814. The highest BCUT2D eigenvalue weighted by atomic mass is 16.5. The third-order valence-corrected chi connectivity index (χ3v) is 7.04. The number of aromatic nitrogens is 2. The normalized spacial score (nSPS) is 11.1. The summed E-state index contributed by atoms with van der Waals surface area (Å²) in [6, 6.07) is 28.0. The highest BCUT2D eigenvalue weighted by Gasteiger charge is 2.12. The van der Waals surface area contributed by atoms with Gasteiger partial charge in [-0.25, -0.2) is 10.1 Å². The molecule has 0 radical (unpaired) electrons. The minimum Gasteiger partial charge on any atom is -0.489 e. The van der Waals surface area contributed by atoms with E-state index < -0.39 is 0 Å². The lowest BCUT2D eigenvalue weighted by atomic mass is 10.1. The fraction of sp³-hybridized carbons (Fsp3) is 0.343. The largest absolute Gasteiger partial charge is 0.489 e. The van der Waals surface area contributed by atoms with E-state index in [9.17, 15) is 4.79 Å². The fourth-order valence-corrected chi connectivity index (χ4v) is 4.69. The van der Waals surface area contributed by atoms with E-state index in [-0.39, 0.29) is 5.91 Å². The van der Waals surface area contributed by atoms with Gasteiger partial charge in [0.2, 0.25) is 5.91 Å². The van der Waals surface area contributed by atoms with Crippen molar-refractivity contribution in [1.82, 2.24) is 15.2 Å². The molecule has 6 nitrogen and oxygen atoms in total. The molecule has 0 aliphatic carbocycles. The van der Waals surface area contributed by atoms with Gasteiger partial charge in [-0.05, 0) is 48.4 Å². The summed E-state index contributed by atoms with van der Waals surface area (Å²) >= 11 is 0. The number of hydrogen-bond acceptors (Lipinski definition) is 4. The Morgan fingerprint density at radius 2 is 1.46 bits per heavy atom. The number of carbonyl (C=O) groups is 1. The van der Waals surface area contributed by atoms with Crippen molar-refractivity contribution in [2.75, 3.05) is 0 Å². The maximum absolute atomic E-state index is 12.4. The zero-order chi connectivity index (χ0) is 28.5. The predicted octanol–water partition coefficient (Wildman–Crippen LogP) is 8.49. The maximum atomic E-state index is 12.4. The molecular formula is C35H42N4O2. The van der Waals surface area contributed by atoms with E-state index in [1.165, 1.54) is 44.9 Å². The Morgan fingerprint density at radius 3 is 2.15 bits per heavy atom. The van der Waals surface area contributed by atoms with Crippen molar-refractivity contribution in [3.05, 3.63) is 102 Å². The van der Waals surface area contributed by atoms with E-state index in [2.05, 4.69) is 17.5 Å². The van der Waals surface area contributed by atoms with Gasteiger partial charge in [-0.3, -0.25) is 4.79 Å². The molecular weight excluding hydrogens is 508 g/mol. The molecule has 4 aromatic rings. The number of nitrogens with zero attached hydrogens (tertiary/aromatic N) is 3. The molecule has 0 saturated carbocycles. The Balaban J connectivity index is 1.33. The standard InChI is InChI=1S/C35H42N4O2/c1-2-3-4-5-6-7-8-9-16-21-34(40)37-36-26-31-27-39(32-19-14-11-15-20-32)38-35(31)30-22-24-33(25-23-30)41-28-29-17-12-10-13-18-29/h10-15,17-20,22-27H,2-9,16,21,28H2,1H3,(H,37,40)/b36-26+. The molecule has 1 N–H and O–H groups in total. The molecule has 1 heterocycles. The lowest BCUT2D eigenvalue weighted by Crippen LogP contribution is -2.16. The Morgan fingerprint density at radius 1 is 0.829 bits per heavy atom. The molecule has 3 aromatic carbocycles. The van der Waals surface area contributed by atoms with E-state index in [0.717, 1.165) is 46.7 Å². The number of benzene rings is 3. The lowest BCUT2D eigenvalue weighted by molar-refractivity contribution is -0.121. The Hall–Kier alpha value is -4.19. The first-order valence-corrected chi connectivity index (χ1v) is 15.0. The predicted molar refractivity (Wildman–Crippen MR) is 167 cm³/mol. The van der Waals surface area contributed by atoms with Crippen molar-refractivity contribution >= 4 is 12.1 Å². The van der Waals surface area contributed by atoms with Crippen LogP contribution in [-0.4, -0.2) is 21.9 Å². The molecule has 0 aliphatic rings. The molecule has 1 amide bonds. The molecule has 41 heavy (non-hydrogen) atoms. The van der Waals surface area contributed by atoms with E-state index in [0.29, 0.717) is 13.0 Å². The van der Waals surface area contributed by atoms with Gasteiger partial charge >= 0.3 is 0 Å². The van der Waals surface area contributed by atoms with Crippen LogP contribution in [0.5, 0.6) is 5.75 Å². The summed E-state index contributed by atoms with van der Waals surface area (Å²) in [6.07, 6.45) is 15.1. The maximum Gasteiger partial charge on any atom is 0.240 e. The Kier molecular flexibility index (Phi) is 12.2. The summed E-state index contributed by atoms with van der Waals surface area (Å²) in [5.41, 5.74) is 7.30. The van der Waals surface area contributed by atoms with Gasteiger partial charge in [-0.1, -0.05) is 107 Å². The van der Waals surface area contributed by atoms with E-state index >= 15 is 0 Å². The molecule has 0 spiro atoms. The second-order valence-electron chi connectivity index (χ2n) is 10.4. The molecule has 4 rings (SSSR count). The van der Waals surface area contributed by atoms with Crippen molar-refractivity contribution in [3.8, 4) is 22.7 Å². The van der Waals surface area contributed by atoms with Crippen LogP contribution in [-0.2, 0) is 11.4 Å². The number of ether oxygens (including phenoxy) is 1. The molecule has 0 unspecified atom stereocenters. The first-order chi connectivity index (χ1) is 20.2. The van der Waals surface area contributed by atoms with Gasteiger partial charge in [0.1, 0.15) is 18.1 Å². The molecule has 0 saturated heterocycles. The smallest absolute Gasteiger partial charge is 0.240 e. The molecule has 0 aliphatic heterocycles. The summed E-state index contributed by atoms with van der Waals surface area (Å²) in [5, 5.41) is 9.11. The highest BCUT2D eigenvalue weighted by molar-refractivity contribution is 5.89. The number of carbonyl (C=O) groups excluding carboxylic acids is 1. The van der Waals surface area contributed by atoms with Crippen molar-refractivity contribution in [3.63, 3.8) is 0 Å². The SMILES string of the molecule is CCCCCCCCCCCC(=O)N/N=C/c1cn(-c2ccccc2)nc1-c1ccc(OCc2ccccc2)cc1. The molecule has 0 atom stereocenters. The van der Waals surface area contributed by atoms with Crippen LogP contribution in [0.15, 0.2) is 96.2 Å². The van der Waals surface area contributed by atoms with Gasteiger partial charge in [0, 0.05) is 23.7 Å². The Bertz CT molecular complexity index is 1330. The van der Waals surface area contributed by atoms with Crippen LogP contribution in [0.3, 0.4) is 0 Å². The average molecular weight is 551 g/mol. The molecule has 214 valence electrons. The molecule has 0 bridgehead atoms. The number of para-hydroxylation sites is 1. The van der Waals surface area contributed by atoms with Crippen molar-refractivity contribution in [2.24, 2.45) is 5.10 Å². The van der Waals surface area contributed by atoms with Crippen LogP contribution < -0.4 is 10.2 Å². The number of amides is 1. The van der Waals surface area contributed by atoms with Crippen LogP contribution in [0.2, 0.25) is 0 Å². The summed E-state index contributed by atoms with van der Waals surface area (Å²) in [5.74, 6) is 0.736. The highest BCUT2D eigenvalue weighted by Crippen LogP contribution is 2.25. The third-order valence-electron chi connectivity index (χ3n) is 7.04. The van der Waals surface area contributed by atoms with E-state index in [4.69, 9.17) is 9.84 Å². The number of hydrogen-bond donors (Lipinski definition) is 1. The van der Waals surface area contributed by atoms with Crippen LogP contribution in [0, 0.1) is 0 Å². The van der Waals surface area contributed by atoms with Gasteiger partial charge in [0.15, 0.2) is 0 Å². The number of rotatable bonds is 17. The zero-order valence-corrected chi connectivity index (χ0v) is 24.2. The minimum absolute atomic E-state index is 0.0545. The first-order valence-electron chi connectivity index (χ1n) is 15.0. The summed E-state index contributed by atoms with van der Waals surface area (Å²) in [7, 11) is 0. The summed E-state index contributed by atoms with van der Waals surface area (Å²) in [4.78, 5) is 12.4.